The number of aliphatic hydroxyl groups is 2. The van der Waals surface area contributed by atoms with E-state index in [1.54, 1.807) is 116 Å². The van der Waals surface area contributed by atoms with Crippen LogP contribution in [0.4, 0.5) is 0 Å². The smallest absolute Gasteiger partial charge is 0.373 e. The maximum atomic E-state index is 11.2. The van der Waals surface area contributed by atoms with Crippen LogP contribution in [0.25, 0.3) is 0 Å². The first kappa shape index (κ1) is 59.4. The van der Waals surface area contributed by atoms with Gasteiger partial charge in [-0.15, -0.1) is 0 Å². The molecule has 0 saturated heterocycles. The van der Waals surface area contributed by atoms with Crippen molar-refractivity contribution in [3.8, 4) is 0 Å². The minimum Gasteiger partial charge on any atom is -0.870 e. The first-order chi connectivity index (χ1) is 35.6. The number of ether oxygens (including phenoxy) is 1. The molecule has 0 radical (unpaired) electrons. The number of rotatable bonds is 13. The molecule has 0 aromatic rings. The van der Waals surface area contributed by atoms with Crippen molar-refractivity contribution in [2.45, 2.75) is 356 Å². The Morgan fingerprint density at radius 2 is 0.616 bits per heavy atom. The van der Waals surface area contributed by atoms with Crippen LogP contribution in [-0.4, -0.2) is 89.4 Å². The molecule has 2 atom stereocenters. The highest BCUT2D eigenvalue weighted by Gasteiger charge is 2.41. The van der Waals surface area contributed by atoms with E-state index >= 15 is 0 Å². The molecule has 422 valence electrons. The van der Waals surface area contributed by atoms with E-state index in [1.807, 2.05) is 0 Å². The molecule has 13 heteroatoms. The number of phosphoric ester groups is 1. The highest BCUT2D eigenvalue weighted by Crippen LogP contribution is 2.35. The summed E-state index contributed by atoms with van der Waals surface area (Å²) in [6, 6.07) is 9.37. The van der Waals surface area contributed by atoms with Crippen molar-refractivity contribution in [2.75, 3.05) is 6.61 Å². The Kier molecular flexibility index (Phi) is 26.0. The zero-order chi connectivity index (χ0) is 51.3. The Morgan fingerprint density at radius 1 is 0.425 bits per heavy atom. The van der Waals surface area contributed by atoms with Crippen molar-refractivity contribution in [3.63, 3.8) is 0 Å². The highest BCUT2D eigenvalue weighted by atomic mass is 31.2. The summed E-state index contributed by atoms with van der Waals surface area (Å²) in [5, 5.41) is 28.7. The van der Waals surface area contributed by atoms with Crippen LogP contribution in [-0.2, 0) is 18.6 Å². The van der Waals surface area contributed by atoms with E-state index < -0.39 is 44.1 Å². The molecule has 1 aliphatic heterocycles. The standard InChI is InChI=1S/3C18H33N.C6H9O9P/c3*1-4-10-16(11-5-1)19(17-12-6-2-7-13-17)18-14-8-3-9-15-18;7-1-2(8)4-3(9)5(6(10)14-4)15-16(11,12)13/h3*16-18H,1-15H2;2,4,7-9H,1H2,(H2,11,12,13)/t;;;2-,4+/m...0/s1. The van der Waals surface area contributed by atoms with Crippen LogP contribution in [0.15, 0.2) is 11.5 Å². The molecule has 73 heavy (non-hydrogen) atoms. The summed E-state index contributed by atoms with van der Waals surface area (Å²) < 4.78 is 18.0. The molecule has 9 fully saturated rings. The van der Waals surface area contributed by atoms with E-state index in [0.29, 0.717) is 0 Å². The predicted octanol–water partition coefficient (Wildman–Crippen LogP) is 7.29. The van der Waals surface area contributed by atoms with Gasteiger partial charge in [-0.05, 0) is 237 Å². The summed E-state index contributed by atoms with van der Waals surface area (Å²) in [5.74, 6) is -4.10. The van der Waals surface area contributed by atoms with Crippen LogP contribution in [0.3, 0.4) is 0 Å². The fraction of sp³-hybridized carbons (Fsp3) is 0.950. The molecular weight excluding hydrogens is 938 g/mol. The molecule has 1 heterocycles. The second-order valence-electron chi connectivity index (χ2n) is 25.3. The number of carbonyl (C=O) groups excluding carboxylic acids is 1. The number of esters is 1. The number of phosphoric acid groups is 1. The van der Waals surface area contributed by atoms with E-state index in [0.717, 1.165) is 54.4 Å². The summed E-state index contributed by atoms with van der Waals surface area (Å²) in [6.45, 7) is -0.886. The number of hydrogen-bond donors (Lipinski definition) is 5. The second-order valence-corrected chi connectivity index (χ2v) is 26.4. The van der Waals surface area contributed by atoms with Crippen LogP contribution < -0.4 is 29.6 Å². The summed E-state index contributed by atoms with van der Waals surface area (Å²) in [4.78, 5) is 37.6. The topological polar surface area (TPSA) is 176 Å². The Balaban J connectivity index is 0.000000143. The third-order valence-corrected chi connectivity index (χ3v) is 20.7. The van der Waals surface area contributed by atoms with E-state index in [4.69, 9.17) is 10.2 Å². The average Bonchev–Trinajstić information content (AvgIpc) is 3.72. The molecule has 9 saturated carbocycles. The van der Waals surface area contributed by atoms with Gasteiger partial charge in [-0.25, -0.2) is 4.79 Å². The molecule has 0 bridgehead atoms. The van der Waals surface area contributed by atoms with Gasteiger partial charge in [0.2, 0.25) is 5.76 Å². The van der Waals surface area contributed by atoms with E-state index in [2.05, 4.69) is 24.0 Å². The monoisotopic (exact) mass is 1050 g/mol. The lowest BCUT2D eigenvalue weighted by molar-refractivity contribution is -0.976. The summed E-state index contributed by atoms with van der Waals surface area (Å²) in [7, 11) is -5.56. The minimum absolute atomic E-state index is 0.886. The third-order valence-electron chi connectivity index (χ3n) is 20.3. The van der Waals surface area contributed by atoms with E-state index in [1.165, 1.54) is 173 Å². The Bertz CT molecular complexity index is 1340. The summed E-state index contributed by atoms with van der Waals surface area (Å²) >= 11 is 0. The maximum absolute atomic E-state index is 11.2. The molecule has 5 N–H and O–H groups in total. The van der Waals surface area contributed by atoms with Gasteiger partial charge in [0.05, 0.1) is 61.0 Å². The quantitative estimate of drug-likeness (QED) is 0.0938. The molecule has 12 nitrogen and oxygen atoms in total. The van der Waals surface area contributed by atoms with Crippen molar-refractivity contribution < 1.29 is 58.4 Å². The van der Waals surface area contributed by atoms with E-state index in [-0.39, 0.29) is 0 Å². The number of cyclic esters (lactones) is 1. The van der Waals surface area contributed by atoms with Gasteiger partial charge in [0.25, 0.3) is 0 Å². The van der Waals surface area contributed by atoms with Crippen LogP contribution in [0.5, 0.6) is 0 Å². The van der Waals surface area contributed by atoms with Crippen molar-refractivity contribution >= 4 is 13.8 Å². The largest absolute Gasteiger partial charge is 0.870 e. The molecule has 0 aromatic carbocycles. The van der Waals surface area contributed by atoms with Gasteiger partial charge in [0, 0.05) is 0 Å². The first-order valence-electron chi connectivity index (χ1n) is 31.8. The van der Waals surface area contributed by atoms with Gasteiger partial charge >= 0.3 is 5.97 Å². The minimum atomic E-state index is -5.56. The van der Waals surface area contributed by atoms with Gasteiger partial charge in [-0.2, -0.15) is 0 Å². The molecule has 0 unspecified atom stereocenters. The Labute approximate surface area is 444 Å². The SMILES string of the molecule is C1CCC([NH+](C2CCCCC2)C2CCCCC2)CC1.C1CCC([NH+](C2CCCCC2)C2CCCCC2)CC1.C1CCC([NH+](C2CCCCC2)C2CCCCC2)CC1.O=C1O[C@H]([C@@H](O)CO)C([O-])=C1OP(=O)([O-])[O-]. The molecule has 9 aliphatic carbocycles. The Morgan fingerprint density at radius 3 is 0.781 bits per heavy atom. The van der Waals surface area contributed by atoms with Crippen LogP contribution in [0.1, 0.15) is 289 Å². The molecular formula is C60H108N3O9P. The number of nitrogens with one attached hydrogen (secondary N) is 3. The lowest BCUT2D eigenvalue weighted by atomic mass is 9.84. The van der Waals surface area contributed by atoms with Gasteiger partial charge in [-0.3, -0.25) is 0 Å². The normalized spacial score (nSPS) is 27.7. The van der Waals surface area contributed by atoms with E-state index in [9.17, 15) is 24.3 Å². The maximum Gasteiger partial charge on any atom is 0.373 e. The van der Waals surface area contributed by atoms with Crippen molar-refractivity contribution in [2.24, 2.45) is 0 Å². The molecule has 0 amide bonds. The van der Waals surface area contributed by atoms with Crippen molar-refractivity contribution in [1.29, 1.82) is 0 Å². The fourth-order valence-electron chi connectivity index (χ4n) is 16.9. The van der Waals surface area contributed by atoms with Crippen molar-refractivity contribution in [1.82, 2.24) is 0 Å². The fourth-order valence-corrected chi connectivity index (χ4v) is 17.3. The average molecular weight is 1050 g/mol. The van der Waals surface area contributed by atoms with Crippen molar-refractivity contribution in [3.05, 3.63) is 11.5 Å². The number of hydrogen-bond acceptors (Lipinski definition) is 9. The molecule has 10 rings (SSSR count). The second kappa shape index (κ2) is 32.0. The van der Waals surface area contributed by atoms with Gasteiger partial charge in [-0.1, -0.05) is 57.8 Å². The lowest BCUT2D eigenvalue weighted by Crippen LogP contribution is -3.22. The van der Waals surface area contributed by atoms with Gasteiger partial charge in [0.15, 0.2) is 0 Å². The van der Waals surface area contributed by atoms with Gasteiger partial charge in [0.1, 0.15) is 20.0 Å². The van der Waals surface area contributed by atoms with Crippen LogP contribution >= 0.6 is 7.82 Å². The predicted molar refractivity (Wildman–Crippen MR) is 283 cm³/mol. The number of aliphatic hydroxyl groups excluding tert-OH is 2. The molecule has 0 aromatic heterocycles. The highest BCUT2D eigenvalue weighted by molar-refractivity contribution is 7.43. The lowest BCUT2D eigenvalue weighted by Gasteiger charge is -2.44. The van der Waals surface area contributed by atoms with Crippen LogP contribution in [0.2, 0.25) is 0 Å². The molecule has 0 spiro atoms. The number of carbonyl (C=O) groups is 1. The summed E-state index contributed by atoms with van der Waals surface area (Å²) in [6.07, 6.45) is 65.3. The number of quaternary nitrogens is 3. The van der Waals surface area contributed by atoms with Gasteiger partial charge < -0.3 is 53.6 Å². The molecule has 10 aliphatic rings. The first-order valence-corrected chi connectivity index (χ1v) is 33.3. The summed E-state index contributed by atoms with van der Waals surface area (Å²) in [5.41, 5.74) is 0. The zero-order valence-electron chi connectivity index (χ0n) is 46.1. The van der Waals surface area contributed by atoms with Crippen LogP contribution in [0, 0.1) is 0 Å². The zero-order valence-corrected chi connectivity index (χ0v) is 47.0. The Hall–Kier alpha value is -1.24. The third kappa shape index (κ3) is 18.7.